The highest BCUT2D eigenvalue weighted by Crippen LogP contribution is 2.23. The Bertz CT molecular complexity index is 496. The Morgan fingerprint density at radius 3 is 1.90 bits per heavy atom. The molecule has 0 heterocycles. The number of aryl methyl sites for hydroxylation is 1. The molecule has 1 nitrogen and oxygen atoms in total. The zero-order valence-electron chi connectivity index (χ0n) is 12.6. The van der Waals surface area contributed by atoms with Crippen LogP contribution in [0.1, 0.15) is 38.7 Å². The summed E-state index contributed by atoms with van der Waals surface area (Å²) < 4.78 is 5.47. The molecule has 0 saturated heterocycles. The van der Waals surface area contributed by atoms with Crippen molar-refractivity contribution in [2.75, 3.05) is 6.61 Å². The number of benzene rings is 2. The molecular formula is C19H24O. The molecule has 20 heavy (non-hydrogen) atoms. The standard InChI is InChI=1S/C19H24O/c1-3-5-6-7-16-8-10-17(11-9-16)18-12-14-19(15-13-18)20-4-2/h8-15H,3-7H2,1-2H3. The summed E-state index contributed by atoms with van der Waals surface area (Å²) in [6, 6.07) is 17.3. The van der Waals surface area contributed by atoms with Crippen molar-refractivity contribution < 1.29 is 4.74 Å². The Balaban J connectivity index is 2.01. The molecule has 0 saturated carbocycles. The molecule has 106 valence electrons. The van der Waals surface area contributed by atoms with Crippen LogP contribution < -0.4 is 4.74 Å². The molecular weight excluding hydrogens is 244 g/mol. The molecule has 0 aliphatic carbocycles. The van der Waals surface area contributed by atoms with Crippen LogP contribution in [0.15, 0.2) is 48.5 Å². The average molecular weight is 268 g/mol. The third-order valence-electron chi connectivity index (χ3n) is 3.52. The smallest absolute Gasteiger partial charge is 0.119 e. The fourth-order valence-corrected chi connectivity index (χ4v) is 2.35. The molecule has 0 amide bonds. The van der Waals surface area contributed by atoms with Gasteiger partial charge in [0.25, 0.3) is 0 Å². The van der Waals surface area contributed by atoms with Crippen LogP contribution in [0.4, 0.5) is 0 Å². The zero-order valence-corrected chi connectivity index (χ0v) is 12.6. The molecule has 2 aromatic carbocycles. The summed E-state index contributed by atoms with van der Waals surface area (Å²) in [7, 11) is 0. The Kier molecular flexibility index (Phi) is 5.67. The summed E-state index contributed by atoms with van der Waals surface area (Å²) >= 11 is 0. The van der Waals surface area contributed by atoms with Crippen molar-refractivity contribution in [3.63, 3.8) is 0 Å². The van der Waals surface area contributed by atoms with Crippen molar-refractivity contribution in [2.24, 2.45) is 0 Å². The lowest BCUT2D eigenvalue weighted by Gasteiger charge is -2.06. The highest BCUT2D eigenvalue weighted by atomic mass is 16.5. The average Bonchev–Trinajstić information content (AvgIpc) is 2.49. The summed E-state index contributed by atoms with van der Waals surface area (Å²) in [5.41, 5.74) is 3.95. The van der Waals surface area contributed by atoms with Crippen molar-refractivity contribution in [2.45, 2.75) is 39.5 Å². The van der Waals surface area contributed by atoms with Crippen LogP contribution in [-0.4, -0.2) is 6.61 Å². The lowest BCUT2D eigenvalue weighted by atomic mass is 10.0. The maximum Gasteiger partial charge on any atom is 0.119 e. The molecule has 0 spiro atoms. The first-order chi connectivity index (χ1) is 9.83. The number of ether oxygens (including phenoxy) is 1. The third kappa shape index (κ3) is 4.12. The van der Waals surface area contributed by atoms with E-state index in [9.17, 15) is 0 Å². The predicted molar refractivity (Wildman–Crippen MR) is 86.3 cm³/mol. The van der Waals surface area contributed by atoms with Gasteiger partial charge in [0.15, 0.2) is 0 Å². The Hall–Kier alpha value is -1.76. The molecule has 0 aromatic heterocycles. The molecule has 2 aromatic rings. The van der Waals surface area contributed by atoms with Crippen molar-refractivity contribution in [1.29, 1.82) is 0 Å². The van der Waals surface area contributed by atoms with Gasteiger partial charge in [0.1, 0.15) is 5.75 Å². The largest absolute Gasteiger partial charge is 0.494 e. The zero-order chi connectivity index (χ0) is 14.2. The second-order valence-electron chi connectivity index (χ2n) is 5.11. The van der Waals surface area contributed by atoms with Crippen molar-refractivity contribution >= 4 is 0 Å². The van der Waals surface area contributed by atoms with Crippen LogP contribution in [0.25, 0.3) is 11.1 Å². The van der Waals surface area contributed by atoms with Gasteiger partial charge in [-0.15, -0.1) is 0 Å². The first kappa shape index (κ1) is 14.6. The number of rotatable bonds is 7. The molecule has 0 unspecified atom stereocenters. The van der Waals surface area contributed by atoms with E-state index >= 15 is 0 Å². The minimum absolute atomic E-state index is 0.714. The normalized spacial score (nSPS) is 10.5. The SMILES string of the molecule is CCCCCc1ccc(-c2ccc(OCC)cc2)cc1. The van der Waals surface area contributed by atoms with Crippen LogP contribution in [0, 0.1) is 0 Å². The molecule has 0 bridgehead atoms. The van der Waals surface area contributed by atoms with Crippen molar-refractivity contribution in [3.05, 3.63) is 54.1 Å². The lowest BCUT2D eigenvalue weighted by Crippen LogP contribution is -1.90. The topological polar surface area (TPSA) is 9.23 Å². The monoisotopic (exact) mass is 268 g/mol. The molecule has 0 aliphatic rings. The number of hydrogen-bond donors (Lipinski definition) is 0. The molecule has 0 N–H and O–H groups in total. The van der Waals surface area contributed by atoms with Gasteiger partial charge in [-0.3, -0.25) is 0 Å². The van der Waals surface area contributed by atoms with Crippen LogP contribution >= 0.6 is 0 Å². The lowest BCUT2D eigenvalue weighted by molar-refractivity contribution is 0.340. The van der Waals surface area contributed by atoms with E-state index in [0.717, 1.165) is 5.75 Å². The number of unbranched alkanes of at least 4 members (excludes halogenated alkanes) is 2. The van der Waals surface area contributed by atoms with Gasteiger partial charge >= 0.3 is 0 Å². The third-order valence-corrected chi connectivity index (χ3v) is 3.52. The minimum atomic E-state index is 0.714. The summed E-state index contributed by atoms with van der Waals surface area (Å²) in [5, 5.41) is 0. The van der Waals surface area contributed by atoms with E-state index in [-0.39, 0.29) is 0 Å². The molecule has 2 rings (SSSR count). The van der Waals surface area contributed by atoms with Crippen LogP contribution in [-0.2, 0) is 6.42 Å². The van der Waals surface area contributed by atoms with E-state index in [1.165, 1.54) is 42.4 Å². The Morgan fingerprint density at radius 1 is 0.750 bits per heavy atom. The first-order valence-corrected chi connectivity index (χ1v) is 7.65. The maximum atomic E-state index is 5.47. The van der Waals surface area contributed by atoms with E-state index in [1.807, 2.05) is 19.1 Å². The molecule has 1 heteroatoms. The van der Waals surface area contributed by atoms with Gasteiger partial charge in [0.05, 0.1) is 6.61 Å². The second kappa shape index (κ2) is 7.74. The van der Waals surface area contributed by atoms with Gasteiger partial charge in [0.2, 0.25) is 0 Å². The van der Waals surface area contributed by atoms with E-state index in [2.05, 4.69) is 43.3 Å². The summed E-state index contributed by atoms with van der Waals surface area (Å²) in [6.45, 7) is 4.96. The highest BCUT2D eigenvalue weighted by Gasteiger charge is 1.99. The van der Waals surface area contributed by atoms with Gasteiger partial charge in [-0.1, -0.05) is 56.2 Å². The highest BCUT2D eigenvalue weighted by molar-refractivity contribution is 5.64. The van der Waals surface area contributed by atoms with Gasteiger partial charge in [-0.05, 0) is 48.6 Å². The van der Waals surface area contributed by atoms with Crippen molar-refractivity contribution in [1.82, 2.24) is 0 Å². The summed E-state index contributed by atoms with van der Waals surface area (Å²) in [5.74, 6) is 0.937. The fourth-order valence-electron chi connectivity index (χ4n) is 2.35. The maximum absolute atomic E-state index is 5.47. The van der Waals surface area contributed by atoms with Crippen molar-refractivity contribution in [3.8, 4) is 16.9 Å². The van der Waals surface area contributed by atoms with Crippen LogP contribution in [0.2, 0.25) is 0 Å². The molecule has 0 atom stereocenters. The predicted octanol–water partition coefficient (Wildman–Crippen LogP) is 5.49. The van der Waals surface area contributed by atoms with Gasteiger partial charge in [-0.25, -0.2) is 0 Å². The van der Waals surface area contributed by atoms with Crippen LogP contribution in [0.5, 0.6) is 5.75 Å². The fraction of sp³-hybridized carbons (Fsp3) is 0.368. The second-order valence-corrected chi connectivity index (χ2v) is 5.11. The van der Waals surface area contributed by atoms with Gasteiger partial charge < -0.3 is 4.74 Å². The summed E-state index contributed by atoms with van der Waals surface area (Å²) in [6.07, 6.45) is 5.08. The van der Waals surface area contributed by atoms with Gasteiger partial charge in [-0.2, -0.15) is 0 Å². The van der Waals surface area contributed by atoms with E-state index < -0.39 is 0 Å². The van der Waals surface area contributed by atoms with Gasteiger partial charge in [0, 0.05) is 0 Å². The Morgan fingerprint density at radius 2 is 1.35 bits per heavy atom. The molecule has 0 fully saturated rings. The minimum Gasteiger partial charge on any atom is -0.494 e. The Labute approximate surface area is 122 Å². The number of hydrogen-bond acceptors (Lipinski definition) is 1. The van der Waals surface area contributed by atoms with Crippen LogP contribution in [0.3, 0.4) is 0 Å². The van der Waals surface area contributed by atoms with E-state index in [0.29, 0.717) is 6.61 Å². The first-order valence-electron chi connectivity index (χ1n) is 7.65. The molecule has 0 radical (unpaired) electrons. The molecule has 0 aliphatic heterocycles. The van der Waals surface area contributed by atoms with E-state index in [1.54, 1.807) is 0 Å². The van der Waals surface area contributed by atoms with E-state index in [4.69, 9.17) is 4.74 Å². The summed E-state index contributed by atoms with van der Waals surface area (Å²) in [4.78, 5) is 0. The quantitative estimate of drug-likeness (QED) is 0.604.